The van der Waals surface area contributed by atoms with E-state index in [0.29, 0.717) is 6.42 Å². The second-order valence-corrected chi connectivity index (χ2v) is 3.59. The molecule has 1 aromatic heterocycles. The zero-order valence-corrected chi connectivity index (χ0v) is 9.36. The molecule has 1 N–H and O–H groups in total. The molecule has 0 unspecified atom stereocenters. The van der Waals surface area contributed by atoms with Crippen LogP contribution in [0.4, 0.5) is 0 Å². The lowest BCUT2D eigenvalue weighted by Crippen LogP contribution is -2.03. The molecule has 0 saturated carbocycles. The molecular weight excluding hydrogens is 192 g/mol. The van der Waals surface area contributed by atoms with Crippen molar-refractivity contribution in [3.8, 4) is 0 Å². The van der Waals surface area contributed by atoms with Crippen molar-refractivity contribution < 1.29 is 9.90 Å². The van der Waals surface area contributed by atoms with E-state index in [2.05, 4.69) is 12.0 Å². The van der Waals surface area contributed by atoms with Gasteiger partial charge in [-0.05, 0) is 19.4 Å². The molecule has 0 aromatic carbocycles. The quantitative estimate of drug-likeness (QED) is 0.779. The molecule has 1 aromatic rings. The maximum Gasteiger partial charge on any atom is 0.303 e. The SMILES string of the molecule is CCCc1cc(CCC(=O)O)nn1CC. The van der Waals surface area contributed by atoms with Crippen LogP contribution in [-0.4, -0.2) is 20.9 Å². The van der Waals surface area contributed by atoms with Gasteiger partial charge in [-0.2, -0.15) is 5.10 Å². The third kappa shape index (κ3) is 3.38. The summed E-state index contributed by atoms with van der Waals surface area (Å²) in [5.41, 5.74) is 2.10. The zero-order valence-electron chi connectivity index (χ0n) is 9.36. The fourth-order valence-electron chi connectivity index (χ4n) is 1.60. The lowest BCUT2D eigenvalue weighted by Gasteiger charge is -2.01. The predicted molar refractivity (Wildman–Crippen MR) is 57.9 cm³/mol. The summed E-state index contributed by atoms with van der Waals surface area (Å²) in [5, 5.41) is 12.9. The second kappa shape index (κ2) is 5.53. The fraction of sp³-hybridized carbons (Fsp3) is 0.636. The van der Waals surface area contributed by atoms with Crippen LogP contribution in [0.5, 0.6) is 0 Å². The molecule has 0 aliphatic heterocycles. The summed E-state index contributed by atoms with van der Waals surface area (Å²) in [4.78, 5) is 10.4. The predicted octanol–water partition coefficient (Wildman–Crippen LogP) is 1.87. The van der Waals surface area contributed by atoms with Crippen LogP contribution in [0.15, 0.2) is 6.07 Å². The average Bonchev–Trinajstić information content (AvgIpc) is 2.58. The number of rotatable bonds is 6. The molecule has 4 heteroatoms. The molecule has 0 atom stereocenters. The minimum Gasteiger partial charge on any atom is -0.481 e. The Bertz CT molecular complexity index is 331. The third-order valence-corrected chi connectivity index (χ3v) is 2.31. The smallest absolute Gasteiger partial charge is 0.303 e. The number of nitrogens with zero attached hydrogens (tertiary/aromatic N) is 2. The first-order valence-electron chi connectivity index (χ1n) is 5.44. The van der Waals surface area contributed by atoms with E-state index in [0.717, 1.165) is 25.1 Å². The van der Waals surface area contributed by atoms with Gasteiger partial charge in [-0.25, -0.2) is 0 Å². The number of hydrogen-bond acceptors (Lipinski definition) is 2. The van der Waals surface area contributed by atoms with E-state index in [1.54, 1.807) is 0 Å². The maximum atomic E-state index is 10.4. The Hall–Kier alpha value is -1.32. The molecule has 15 heavy (non-hydrogen) atoms. The standard InChI is InChI=1S/C11H18N2O2/c1-3-5-10-8-9(6-7-11(14)15)12-13(10)4-2/h8H,3-7H2,1-2H3,(H,14,15). The molecule has 1 heterocycles. The Morgan fingerprint density at radius 1 is 1.47 bits per heavy atom. The number of carboxylic acid groups (broad SMARTS) is 1. The number of aromatic nitrogens is 2. The Labute approximate surface area is 89.9 Å². The summed E-state index contributed by atoms with van der Waals surface area (Å²) in [7, 11) is 0. The van der Waals surface area contributed by atoms with E-state index in [1.807, 2.05) is 17.7 Å². The van der Waals surface area contributed by atoms with Crippen molar-refractivity contribution in [2.45, 2.75) is 46.1 Å². The number of carbonyl (C=O) groups is 1. The van der Waals surface area contributed by atoms with Crippen LogP contribution in [0.1, 0.15) is 38.1 Å². The summed E-state index contributed by atoms with van der Waals surface area (Å²) >= 11 is 0. The highest BCUT2D eigenvalue weighted by molar-refractivity contribution is 5.66. The normalized spacial score (nSPS) is 10.5. The van der Waals surface area contributed by atoms with Crippen molar-refractivity contribution in [1.82, 2.24) is 9.78 Å². The Morgan fingerprint density at radius 3 is 2.73 bits per heavy atom. The van der Waals surface area contributed by atoms with Gasteiger partial charge in [-0.15, -0.1) is 0 Å². The lowest BCUT2D eigenvalue weighted by atomic mass is 10.2. The highest BCUT2D eigenvalue weighted by atomic mass is 16.4. The van der Waals surface area contributed by atoms with Crippen molar-refractivity contribution in [2.75, 3.05) is 0 Å². The van der Waals surface area contributed by atoms with Crippen LogP contribution in [-0.2, 0) is 24.2 Å². The van der Waals surface area contributed by atoms with Gasteiger partial charge in [0.05, 0.1) is 12.1 Å². The Morgan fingerprint density at radius 2 is 2.20 bits per heavy atom. The van der Waals surface area contributed by atoms with Crippen LogP contribution in [0, 0.1) is 0 Å². The molecule has 0 amide bonds. The van der Waals surface area contributed by atoms with E-state index in [4.69, 9.17) is 5.11 Å². The molecule has 0 fully saturated rings. The molecule has 0 saturated heterocycles. The van der Waals surface area contributed by atoms with Crippen molar-refractivity contribution >= 4 is 5.97 Å². The molecule has 1 rings (SSSR count). The molecule has 0 bridgehead atoms. The van der Waals surface area contributed by atoms with Crippen LogP contribution in [0.3, 0.4) is 0 Å². The summed E-state index contributed by atoms with van der Waals surface area (Å²) in [6.07, 6.45) is 2.78. The van der Waals surface area contributed by atoms with Gasteiger partial charge in [0.15, 0.2) is 0 Å². The minimum atomic E-state index is -0.766. The molecule has 4 nitrogen and oxygen atoms in total. The van der Waals surface area contributed by atoms with Crippen LogP contribution >= 0.6 is 0 Å². The molecule has 0 spiro atoms. The molecule has 0 radical (unpaired) electrons. The van der Waals surface area contributed by atoms with E-state index in [-0.39, 0.29) is 6.42 Å². The van der Waals surface area contributed by atoms with Crippen molar-refractivity contribution in [3.05, 3.63) is 17.5 Å². The summed E-state index contributed by atoms with van der Waals surface area (Å²) in [6.45, 7) is 5.03. The Kier molecular flexibility index (Phi) is 4.34. The molecular formula is C11H18N2O2. The van der Waals surface area contributed by atoms with Gasteiger partial charge in [0.25, 0.3) is 0 Å². The van der Waals surface area contributed by atoms with E-state index in [1.165, 1.54) is 5.69 Å². The highest BCUT2D eigenvalue weighted by Gasteiger charge is 2.07. The first kappa shape index (κ1) is 11.8. The lowest BCUT2D eigenvalue weighted by molar-refractivity contribution is -0.136. The van der Waals surface area contributed by atoms with Crippen LogP contribution < -0.4 is 0 Å². The molecule has 0 aliphatic carbocycles. The summed E-state index contributed by atoms with van der Waals surface area (Å²) < 4.78 is 1.96. The third-order valence-electron chi connectivity index (χ3n) is 2.31. The second-order valence-electron chi connectivity index (χ2n) is 3.59. The van der Waals surface area contributed by atoms with Gasteiger partial charge < -0.3 is 5.11 Å². The maximum absolute atomic E-state index is 10.4. The highest BCUT2D eigenvalue weighted by Crippen LogP contribution is 2.09. The summed E-state index contributed by atoms with van der Waals surface area (Å²) in [6, 6.07) is 2.02. The molecule has 84 valence electrons. The van der Waals surface area contributed by atoms with Crippen molar-refractivity contribution in [1.29, 1.82) is 0 Å². The van der Waals surface area contributed by atoms with Gasteiger partial charge in [-0.3, -0.25) is 9.48 Å². The van der Waals surface area contributed by atoms with Crippen LogP contribution in [0.2, 0.25) is 0 Å². The van der Waals surface area contributed by atoms with Gasteiger partial charge in [0, 0.05) is 18.7 Å². The fourth-order valence-corrected chi connectivity index (χ4v) is 1.60. The topological polar surface area (TPSA) is 55.1 Å². The minimum absolute atomic E-state index is 0.159. The van der Waals surface area contributed by atoms with Gasteiger partial charge in [0.2, 0.25) is 0 Å². The number of carboxylic acids is 1. The van der Waals surface area contributed by atoms with Gasteiger partial charge >= 0.3 is 5.97 Å². The zero-order chi connectivity index (χ0) is 11.3. The van der Waals surface area contributed by atoms with Crippen molar-refractivity contribution in [3.63, 3.8) is 0 Å². The summed E-state index contributed by atoms with van der Waals surface area (Å²) in [5.74, 6) is -0.766. The Balaban J connectivity index is 2.69. The number of aryl methyl sites for hydroxylation is 3. The van der Waals surface area contributed by atoms with Crippen LogP contribution in [0.25, 0.3) is 0 Å². The van der Waals surface area contributed by atoms with E-state index >= 15 is 0 Å². The van der Waals surface area contributed by atoms with E-state index < -0.39 is 5.97 Å². The number of aliphatic carboxylic acids is 1. The monoisotopic (exact) mass is 210 g/mol. The molecule has 0 aliphatic rings. The largest absolute Gasteiger partial charge is 0.481 e. The average molecular weight is 210 g/mol. The van der Waals surface area contributed by atoms with Crippen molar-refractivity contribution in [2.24, 2.45) is 0 Å². The van der Waals surface area contributed by atoms with Gasteiger partial charge in [0.1, 0.15) is 0 Å². The van der Waals surface area contributed by atoms with E-state index in [9.17, 15) is 4.79 Å². The first-order chi connectivity index (χ1) is 7.17. The number of hydrogen-bond donors (Lipinski definition) is 1. The van der Waals surface area contributed by atoms with Gasteiger partial charge in [-0.1, -0.05) is 13.3 Å². The first-order valence-corrected chi connectivity index (χ1v) is 5.44.